The number of thioether (sulfide) groups is 1. The molecule has 0 bridgehead atoms. The SMILES string of the molecule is CCC1SCC(C(=O)O)N1C(=O)C(N)CCOC. The maximum atomic E-state index is 12.2. The van der Waals surface area contributed by atoms with Gasteiger partial charge in [-0.05, 0) is 12.8 Å². The highest BCUT2D eigenvalue weighted by molar-refractivity contribution is 8.00. The first-order valence-electron chi connectivity index (χ1n) is 5.94. The fourth-order valence-electron chi connectivity index (χ4n) is 1.92. The number of amides is 1. The van der Waals surface area contributed by atoms with E-state index in [4.69, 9.17) is 15.6 Å². The van der Waals surface area contributed by atoms with Crippen LogP contribution in [0.4, 0.5) is 0 Å². The van der Waals surface area contributed by atoms with Crippen LogP contribution >= 0.6 is 11.8 Å². The van der Waals surface area contributed by atoms with Crippen LogP contribution in [0.2, 0.25) is 0 Å². The summed E-state index contributed by atoms with van der Waals surface area (Å²) < 4.78 is 4.88. The Kier molecular flexibility index (Phi) is 5.90. The number of methoxy groups -OCH3 is 1. The van der Waals surface area contributed by atoms with E-state index in [1.165, 1.54) is 23.8 Å². The molecule has 7 heteroatoms. The molecule has 1 rings (SSSR count). The van der Waals surface area contributed by atoms with Crippen molar-refractivity contribution in [3.8, 4) is 0 Å². The zero-order valence-electron chi connectivity index (χ0n) is 10.7. The second kappa shape index (κ2) is 6.96. The first-order valence-corrected chi connectivity index (χ1v) is 6.98. The minimum atomic E-state index is -0.967. The first kappa shape index (κ1) is 15.3. The van der Waals surface area contributed by atoms with Gasteiger partial charge in [0.05, 0.1) is 11.4 Å². The molecule has 1 aliphatic heterocycles. The summed E-state index contributed by atoms with van der Waals surface area (Å²) in [5.74, 6) is -0.835. The van der Waals surface area contributed by atoms with Crippen molar-refractivity contribution in [1.29, 1.82) is 0 Å². The quantitative estimate of drug-likeness (QED) is 0.715. The molecule has 0 radical (unpaired) electrons. The predicted molar refractivity (Wildman–Crippen MR) is 69.3 cm³/mol. The van der Waals surface area contributed by atoms with Crippen LogP contribution in [0.1, 0.15) is 19.8 Å². The lowest BCUT2D eigenvalue weighted by Gasteiger charge is -2.29. The molecule has 0 aromatic rings. The van der Waals surface area contributed by atoms with E-state index in [-0.39, 0.29) is 11.3 Å². The molecule has 0 aliphatic carbocycles. The highest BCUT2D eigenvalue weighted by Crippen LogP contribution is 2.31. The standard InChI is InChI=1S/C11H20N2O4S/c1-3-9-13(8(6-18-9)11(15)16)10(14)7(12)4-5-17-2/h7-9H,3-6,12H2,1-2H3,(H,15,16). The Morgan fingerprint density at radius 1 is 1.61 bits per heavy atom. The number of nitrogens with zero attached hydrogens (tertiary/aromatic N) is 1. The molecule has 3 unspecified atom stereocenters. The molecule has 1 fully saturated rings. The number of rotatable bonds is 6. The molecular weight excluding hydrogens is 256 g/mol. The second-order valence-corrected chi connectivity index (χ2v) is 5.39. The van der Waals surface area contributed by atoms with E-state index in [1.54, 1.807) is 0 Å². The van der Waals surface area contributed by atoms with E-state index >= 15 is 0 Å². The van der Waals surface area contributed by atoms with Crippen LogP contribution in [0, 0.1) is 0 Å². The largest absolute Gasteiger partial charge is 0.480 e. The zero-order valence-corrected chi connectivity index (χ0v) is 11.5. The van der Waals surface area contributed by atoms with Crippen molar-refractivity contribution in [1.82, 2.24) is 4.90 Å². The number of hydrogen-bond acceptors (Lipinski definition) is 5. The Balaban J connectivity index is 2.74. The highest BCUT2D eigenvalue weighted by atomic mass is 32.2. The lowest BCUT2D eigenvalue weighted by atomic mass is 10.1. The van der Waals surface area contributed by atoms with Gasteiger partial charge in [0.2, 0.25) is 5.91 Å². The van der Waals surface area contributed by atoms with Gasteiger partial charge in [0.25, 0.3) is 0 Å². The van der Waals surface area contributed by atoms with Gasteiger partial charge in [0.15, 0.2) is 0 Å². The summed E-state index contributed by atoms with van der Waals surface area (Å²) >= 11 is 1.49. The number of carboxylic acids is 1. The van der Waals surface area contributed by atoms with Crippen LogP contribution < -0.4 is 5.73 Å². The number of hydrogen-bond donors (Lipinski definition) is 2. The second-order valence-electron chi connectivity index (χ2n) is 4.18. The molecule has 3 N–H and O–H groups in total. The fraction of sp³-hybridized carbons (Fsp3) is 0.818. The van der Waals surface area contributed by atoms with Gasteiger partial charge in [-0.25, -0.2) is 4.79 Å². The number of nitrogens with two attached hydrogens (primary N) is 1. The summed E-state index contributed by atoms with van der Waals surface area (Å²) in [4.78, 5) is 24.8. The highest BCUT2D eigenvalue weighted by Gasteiger charge is 2.42. The van der Waals surface area contributed by atoms with Crippen molar-refractivity contribution in [3.63, 3.8) is 0 Å². The maximum Gasteiger partial charge on any atom is 0.327 e. The number of carbonyl (C=O) groups is 2. The molecule has 0 saturated carbocycles. The van der Waals surface area contributed by atoms with Crippen LogP contribution in [0.5, 0.6) is 0 Å². The molecule has 1 aliphatic rings. The van der Waals surface area contributed by atoms with Gasteiger partial charge in [0.1, 0.15) is 6.04 Å². The van der Waals surface area contributed by atoms with Crippen molar-refractivity contribution in [2.45, 2.75) is 37.2 Å². The third-order valence-corrected chi connectivity index (χ3v) is 4.38. The third kappa shape index (κ3) is 3.37. The monoisotopic (exact) mass is 276 g/mol. The normalized spacial score (nSPS) is 25.2. The Morgan fingerprint density at radius 3 is 2.78 bits per heavy atom. The fourth-order valence-corrected chi connectivity index (χ4v) is 3.28. The van der Waals surface area contributed by atoms with E-state index in [2.05, 4.69) is 0 Å². The van der Waals surface area contributed by atoms with E-state index in [1.807, 2.05) is 6.92 Å². The van der Waals surface area contributed by atoms with Gasteiger partial charge in [-0.3, -0.25) is 4.79 Å². The Hall–Kier alpha value is -0.790. The Morgan fingerprint density at radius 2 is 2.28 bits per heavy atom. The molecular formula is C11H20N2O4S. The Bertz CT molecular complexity index is 313. The van der Waals surface area contributed by atoms with Crippen molar-refractivity contribution >= 4 is 23.6 Å². The third-order valence-electron chi connectivity index (χ3n) is 2.93. The maximum absolute atomic E-state index is 12.2. The average Bonchev–Trinajstić information content (AvgIpc) is 2.78. The molecule has 0 spiro atoms. The summed E-state index contributed by atoms with van der Waals surface area (Å²) in [5, 5.41) is 9.04. The van der Waals surface area contributed by atoms with Crippen LogP contribution in [0.25, 0.3) is 0 Å². The van der Waals surface area contributed by atoms with Gasteiger partial charge in [-0.2, -0.15) is 0 Å². The first-order chi connectivity index (χ1) is 8.52. The van der Waals surface area contributed by atoms with Crippen LogP contribution in [-0.2, 0) is 14.3 Å². The van der Waals surface area contributed by atoms with Gasteiger partial charge >= 0.3 is 5.97 Å². The molecule has 0 aromatic carbocycles. The average molecular weight is 276 g/mol. The predicted octanol–water partition coefficient (Wildman–Crippen LogP) is 0.115. The minimum Gasteiger partial charge on any atom is -0.480 e. The Labute approximate surface area is 111 Å². The van der Waals surface area contributed by atoms with Crippen molar-refractivity contribution < 1.29 is 19.4 Å². The van der Waals surface area contributed by atoms with Crippen molar-refractivity contribution in [2.75, 3.05) is 19.5 Å². The zero-order chi connectivity index (χ0) is 13.7. The summed E-state index contributed by atoms with van der Waals surface area (Å²) in [5.41, 5.74) is 5.79. The van der Waals surface area contributed by atoms with Crippen LogP contribution in [-0.4, -0.2) is 58.8 Å². The summed E-state index contributed by atoms with van der Waals surface area (Å²) in [6.07, 6.45) is 1.12. The molecule has 1 amide bonds. The van der Waals surface area contributed by atoms with Gasteiger partial charge in [0, 0.05) is 19.5 Å². The molecule has 104 valence electrons. The smallest absolute Gasteiger partial charge is 0.327 e. The number of carbonyl (C=O) groups excluding carboxylic acids is 1. The molecule has 6 nitrogen and oxygen atoms in total. The van der Waals surface area contributed by atoms with Gasteiger partial charge < -0.3 is 20.5 Å². The van der Waals surface area contributed by atoms with E-state index in [0.717, 1.165) is 6.42 Å². The van der Waals surface area contributed by atoms with Crippen molar-refractivity contribution in [2.24, 2.45) is 5.73 Å². The molecule has 18 heavy (non-hydrogen) atoms. The minimum absolute atomic E-state index is 0.0906. The van der Waals surface area contributed by atoms with Gasteiger partial charge in [-0.15, -0.1) is 11.8 Å². The lowest BCUT2D eigenvalue weighted by Crippen LogP contribution is -2.52. The van der Waals surface area contributed by atoms with Crippen LogP contribution in [0.15, 0.2) is 0 Å². The number of carboxylic acid groups (broad SMARTS) is 1. The van der Waals surface area contributed by atoms with Crippen LogP contribution in [0.3, 0.4) is 0 Å². The molecule has 3 atom stereocenters. The van der Waals surface area contributed by atoms with E-state index < -0.39 is 18.1 Å². The van der Waals surface area contributed by atoms with E-state index in [9.17, 15) is 9.59 Å². The molecule has 0 aromatic heterocycles. The molecule has 1 saturated heterocycles. The van der Waals surface area contributed by atoms with Gasteiger partial charge in [-0.1, -0.05) is 6.92 Å². The molecule has 1 heterocycles. The number of ether oxygens (including phenoxy) is 1. The topological polar surface area (TPSA) is 92.9 Å². The van der Waals surface area contributed by atoms with Crippen molar-refractivity contribution in [3.05, 3.63) is 0 Å². The van der Waals surface area contributed by atoms with E-state index in [0.29, 0.717) is 18.8 Å². The summed E-state index contributed by atoms with van der Waals surface area (Å²) in [6, 6.07) is -1.46. The lowest BCUT2D eigenvalue weighted by molar-refractivity contribution is -0.149. The number of aliphatic carboxylic acids is 1. The summed E-state index contributed by atoms with van der Waals surface area (Å²) in [7, 11) is 1.54. The summed E-state index contributed by atoms with van der Waals surface area (Å²) in [6.45, 7) is 2.32.